The fraction of sp³-hybridized carbons (Fsp3) is 0.0938. The van der Waals surface area contributed by atoms with E-state index in [9.17, 15) is 14.4 Å². The first-order valence-electron chi connectivity index (χ1n) is 12.5. The van der Waals surface area contributed by atoms with Gasteiger partial charge in [0.1, 0.15) is 11.3 Å². The zero-order valence-corrected chi connectivity index (χ0v) is 22.8. The highest BCUT2D eigenvalue weighted by Gasteiger charge is 2.43. The molecule has 0 atom stereocenters. The summed E-state index contributed by atoms with van der Waals surface area (Å²) in [4.78, 5) is 42.8. The topological polar surface area (TPSA) is 66.9 Å². The monoisotopic (exact) mass is 580 g/mol. The average Bonchev–Trinajstić information content (AvgIpc) is 2.95. The van der Waals surface area contributed by atoms with Gasteiger partial charge in [-0.15, -0.1) is 0 Å². The molecule has 4 aromatic carbocycles. The molecule has 1 heterocycles. The lowest BCUT2D eigenvalue weighted by Crippen LogP contribution is -2.57. The summed E-state index contributed by atoms with van der Waals surface area (Å²) in [6, 6.07) is 30.1. The lowest BCUT2D eigenvalue weighted by molar-refractivity contribution is -0.121. The molecule has 194 valence electrons. The van der Waals surface area contributed by atoms with Gasteiger partial charge in [-0.2, -0.15) is 0 Å². The van der Waals surface area contributed by atoms with Gasteiger partial charge in [0.05, 0.1) is 18.0 Å². The fourth-order valence-corrected chi connectivity index (χ4v) is 4.87. The van der Waals surface area contributed by atoms with Gasteiger partial charge < -0.3 is 4.74 Å². The Bertz CT molecular complexity index is 1500. The third kappa shape index (κ3) is 5.40. The Labute approximate surface area is 235 Å². The maximum Gasteiger partial charge on any atom is 0.343 e. The number of carbonyl (C=O) groups excluding carboxylic acids is 3. The molecule has 5 rings (SSSR count). The molecule has 39 heavy (non-hydrogen) atoms. The molecule has 0 unspecified atom stereocenters. The van der Waals surface area contributed by atoms with Gasteiger partial charge in [0, 0.05) is 10.9 Å². The van der Waals surface area contributed by atoms with Crippen molar-refractivity contribution in [2.24, 2.45) is 0 Å². The Hall–Kier alpha value is -4.49. The second kappa shape index (κ2) is 11.5. The summed E-state index contributed by atoms with van der Waals surface area (Å²) in [5.41, 5.74) is 3.33. The van der Waals surface area contributed by atoms with Crippen LogP contribution in [0.2, 0.25) is 0 Å². The van der Waals surface area contributed by atoms with Gasteiger partial charge in [0.25, 0.3) is 11.8 Å². The maximum atomic E-state index is 13.6. The normalized spacial score (nSPS) is 13.6. The summed E-state index contributed by atoms with van der Waals surface area (Å²) in [5, 5.41) is 0. The molecular weight excluding hydrogens is 556 g/mol. The predicted molar refractivity (Wildman–Crippen MR) is 156 cm³/mol. The van der Waals surface area contributed by atoms with E-state index >= 15 is 0 Å². The number of hydrogen-bond donors (Lipinski definition) is 0. The summed E-state index contributed by atoms with van der Waals surface area (Å²) in [5.74, 6) is -0.702. The molecule has 7 heteroatoms. The van der Waals surface area contributed by atoms with E-state index in [1.807, 2.05) is 49.4 Å². The van der Waals surface area contributed by atoms with Crippen molar-refractivity contribution in [2.45, 2.75) is 13.3 Å². The molecule has 0 N–H and O–H groups in total. The number of halogens is 1. The Kier molecular flexibility index (Phi) is 7.70. The van der Waals surface area contributed by atoms with Crippen LogP contribution in [0, 0.1) is 0 Å². The van der Waals surface area contributed by atoms with Crippen LogP contribution in [-0.4, -0.2) is 24.5 Å². The van der Waals surface area contributed by atoms with Crippen molar-refractivity contribution in [1.82, 2.24) is 0 Å². The Morgan fingerprint density at radius 2 is 1.28 bits per heavy atom. The number of para-hydroxylation sites is 2. The standard InChI is InChI=1S/C32H25BrN2O4/c1-2-39-29-20-22(17-18-24(29)21-23-11-9-10-16-28(23)33)19-27-30(36)34(25-12-5-3-6-13-25)32(38)35(31(27)37)26-14-7-4-8-15-26/h3-20H,2,21H2,1H3. The van der Waals surface area contributed by atoms with Crippen LogP contribution in [0.5, 0.6) is 5.75 Å². The number of nitrogens with zero attached hydrogens (tertiary/aromatic N) is 2. The smallest absolute Gasteiger partial charge is 0.343 e. The van der Waals surface area contributed by atoms with Gasteiger partial charge in [-0.1, -0.05) is 82.7 Å². The molecule has 4 aromatic rings. The number of barbiturate groups is 1. The van der Waals surface area contributed by atoms with Crippen LogP contribution in [0.25, 0.3) is 6.08 Å². The molecule has 0 aromatic heterocycles. The molecule has 1 saturated heterocycles. The lowest BCUT2D eigenvalue weighted by Gasteiger charge is -2.33. The summed E-state index contributed by atoms with van der Waals surface area (Å²) in [7, 11) is 0. The molecule has 1 fully saturated rings. The number of imide groups is 2. The van der Waals surface area contributed by atoms with Gasteiger partial charge in [-0.3, -0.25) is 9.59 Å². The van der Waals surface area contributed by atoms with Crippen molar-refractivity contribution in [3.05, 3.63) is 130 Å². The first-order valence-corrected chi connectivity index (χ1v) is 13.3. The van der Waals surface area contributed by atoms with E-state index in [2.05, 4.69) is 15.9 Å². The third-order valence-corrected chi connectivity index (χ3v) is 7.09. The van der Waals surface area contributed by atoms with Crippen LogP contribution in [0.3, 0.4) is 0 Å². The number of anilines is 2. The van der Waals surface area contributed by atoms with Crippen LogP contribution in [0.15, 0.2) is 113 Å². The number of hydrogen-bond acceptors (Lipinski definition) is 4. The third-order valence-electron chi connectivity index (χ3n) is 6.32. The molecule has 0 saturated carbocycles. The van der Waals surface area contributed by atoms with Crippen LogP contribution in [-0.2, 0) is 16.0 Å². The van der Waals surface area contributed by atoms with Gasteiger partial charge in [-0.25, -0.2) is 14.6 Å². The zero-order valence-electron chi connectivity index (χ0n) is 21.2. The van der Waals surface area contributed by atoms with Crippen LogP contribution >= 0.6 is 15.9 Å². The van der Waals surface area contributed by atoms with Crippen molar-refractivity contribution in [3.8, 4) is 5.75 Å². The molecule has 0 spiro atoms. The second-order valence-electron chi connectivity index (χ2n) is 8.86. The second-order valence-corrected chi connectivity index (χ2v) is 9.72. The number of urea groups is 1. The highest BCUT2D eigenvalue weighted by molar-refractivity contribution is 9.10. The quantitative estimate of drug-likeness (QED) is 0.174. The van der Waals surface area contributed by atoms with E-state index < -0.39 is 17.8 Å². The van der Waals surface area contributed by atoms with E-state index in [0.29, 0.717) is 35.7 Å². The Morgan fingerprint density at radius 1 is 0.718 bits per heavy atom. The highest BCUT2D eigenvalue weighted by atomic mass is 79.9. The SMILES string of the molecule is CCOc1cc(C=C2C(=O)N(c3ccccc3)C(=O)N(c3ccccc3)C2=O)ccc1Cc1ccccc1Br. The van der Waals surface area contributed by atoms with E-state index in [1.165, 1.54) is 6.08 Å². The zero-order chi connectivity index (χ0) is 27.4. The van der Waals surface area contributed by atoms with Gasteiger partial charge in [-0.05, 0) is 66.1 Å². The van der Waals surface area contributed by atoms with E-state index in [-0.39, 0.29) is 5.57 Å². The lowest BCUT2D eigenvalue weighted by atomic mass is 10.00. The van der Waals surface area contributed by atoms with Gasteiger partial charge >= 0.3 is 6.03 Å². The molecule has 1 aliphatic rings. The fourth-order valence-electron chi connectivity index (χ4n) is 4.45. The largest absolute Gasteiger partial charge is 0.494 e. The first kappa shape index (κ1) is 26.1. The summed E-state index contributed by atoms with van der Waals surface area (Å²) in [6.07, 6.45) is 2.16. The minimum atomic E-state index is -0.724. The first-order chi connectivity index (χ1) is 19.0. The van der Waals surface area contributed by atoms with E-state index in [0.717, 1.165) is 25.4 Å². The van der Waals surface area contributed by atoms with Crippen molar-refractivity contribution < 1.29 is 19.1 Å². The number of amides is 4. The Morgan fingerprint density at radius 3 is 1.85 bits per heavy atom. The molecule has 0 aliphatic carbocycles. The maximum absolute atomic E-state index is 13.6. The number of ether oxygens (including phenoxy) is 1. The van der Waals surface area contributed by atoms with E-state index in [4.69, 9.17) is 4.74 Å². The van der Waals surface area contributed by atoms with Crippen molar-refractivity contribution in [1.29, 1.82) is 0 Å². The van der Waals surface area contributed by atoms with Crippen molar-refractivity contribution in [2.75, 3.05) is 16.4 Å². The van der Waals surface area contributed by atoms with Crippen molar-refractivity contribution in [3.63, 3.8) is 0 Å². The summed E-state index contributed by atoms with van der Waals surface area (Å²) in [6.45, 7) is 2.36. The van der Waals surface area contributed by atoms with Crippen LogP contribution < -0.4 is 14.5 Å². The molecule has 0 bridgehead atoms. The highest BCUT2D eigenvalue weighted by Crippen LogP contribution is 2.31. The van der Waals surface area contributed by atoms with Crippen LogP contribution in [0.1, 0.15) is 23.6 Å². The summed E-state index contributed by atoms with van der Waals surface area (Å²) >= 11 is 3.60. The number of rotatable bonds is 7. The molecular formula is C32H25BrN2O4. The molecule has 4 amide bonds. The number of carbonyl (C=O) groups is 3. The van der Waals surface area contributed by atoms with E-state index in [1.54, 1.807) is 60.7 Å². The average molecular weight is 581 g/mol. The predicted octanol–water partition coefficient (Wildman–Crippen LogP) is 7.02. The van der Waals surface area contributed by atoms with Crippen LogP contribution in [0.4, 0.5) is 16.2 Å². The molecule has 1 aliphatic heterocycles. The Balaban J connectivity index is 1.57. The minimum Gasteiger partial charge on any atom is -0.494 e. The minimum absolute atomic E-state index is 0.122. The van der Waals surface area contributed by atoms with Gasteiger partial charge in [0.2, 0.25) is 0 Å². The van der Waals surface area contributed by atoms with Crippen molar-refractivity contribution >= 4 is 51.2 Å². The molecule has 0 radical (unpaired) electrons. The number of benzene rings is 4. The molecule has 6 nitrogen and oxygen atoms in total. The van der Waals surface area contributed by atoms with Gasteiger partial charge in [0.15, 0.2) is 0 Å². The summed E-state index contributed by atoms with van der Waals surface area (Å²) < 4.78 is 6.94.